The van der Waals surface area contributed by atoms with E-state index in [2.05, 4.69) is 29.5 Å². The molecule has 0 fully saturated rings. The van der Waals surface area contributed by atoms with Crippen molar-refractivity contribution in [3.8, 4) is 11.5 Å². The topological polar surface area (TPSA) is 104 Å². The van der Waals surface area contributed by atoms with Gasteiger partial charge in [0.15, 0.2) is 0 Å². The molecule has 210 valence electrons. The second kappa shape index (κ2) is 13.2. The average Bonchev–Trinajstić information content (AvgIpc) is 3.48. The van der Waals surface area contributed by atoms with E-state index in [0.29, 0.717) is 25.2 Å². The zero-order valence-corrected chi connectivity index (χ0v) is 22.6. The van der Waals surface area contributed by atoms with Crippen molar-refractivity contribution in [2.45, 2.75) is 53.6 Å². The predicted molar refractivity (Wildman–Crippen MR) is 152 cm³/mol. The van der Waals surface area contributed by atoms with Crippen LogP contribution < -0.4 is 16.0 Å². The number of fused-ring (bicyclic) bond motifs is 1. The molecule has 0 bridgehead atoms. The number of nitrogens with zero attached hydrogens (tertiary/aromatic N) is 5. The molecule has 0 saturated carbocycles. The summed E-state index contributed by atoms with van der Waals surface area (Å²) in [4.78, 5) is 39.8. The molecule has 4 rings (SSSR count). The van der Waals surface area contributed by atoms with Gasteiger partial charge in [0.05, 0.1) is 13.1 Å². The van der Waals surface area contributed by atoms with Crippen molar-refractivity contribution >= 4 is 17.5 Å². The molecule has 39 heavy (non-hydrogen) atoms. The number of hydrogen-bond acceptors (Lipinski definition) is 7. The summed E-state index contributed by atoms with van der Waals surface area (Å²) in [7, 11) is 3.30. The van der Waals surface area contributed by atoms with E-state index < -0.39 is 5.76 Å². The first-order chi connectivity index (χ1) is 18.3. The van der Waals surface area contributed by atoms with Crippen molar-refractivity contribution in [1.29, 1.82) is 0 Å². The van der Waals surface area contributed by atoms with Crippen molar-refractivity contribution in [3.63, 3.8) is 0 Å². The highest BCUT2D eigenvalue weighted by molar-refractivity contribution is 5.87. The maximum Gasteiger partial charge on any atom is 0.437 e. The second-order valence-electron chi connectivity index (χ2n) is 9.72. The molecule has 1 N–H and O–H groups in total. The molecule has 0 unspecified atom stereocenters. The third kappa shape index (κ3) is 7.14. The lowest BCUT2D eigenvalue weighted by Crippen LogP contribution is -2.48. The predicted octanol–water partition coefficient (Wildman–Crippen LogP) is 3.49. The summed E-state index contributed by atoms with van der Waals surface area (Å²) in [6.45, 7) is 6.04. The SMILES string of the molecule is C.CCCCCNC(=O)CN(CC(=O)N(C)N1Cc2ccccc2C1)c1ccc(-c2nn(C)c(=O)o2)cc1C. The van der Waals surface area contributed by atoms with Gasteiger partial charge >= 0.3 is 5.76 Å². The minimum atomic E-state index is -0.541. The maximum atomic E-state index is 13.4. The molecule has 3 aromatic rings. The van der Waals surface area contributed by atoms with Gasteiger partial charge in [-0.25, -0.2) is 9.80 Å². The lowest BCUT2D eigenvalue weighted by atomic mass is 10.1. The van der Waals surface area contributed by atoms with E-state index in [0.717, 1.165) is 35.2 Å². The van der Waals surface area contributed by atoms with Crippen LogP contribution in [0.15, 0.2) is 51.7 Å². The minimum absolute atomic E-state index is 0. The fourth-order valence-electron chi connectivity index (χ4n) is 4.62. The van der Waals surface area contributed by atoms with Gasteiger partial charge in [0, 0.05) is 45.0 Å². The van der Waals surface area contributed by atoms with Crippen molar-refractivity contribution in [3.05, 3.63) is 69.7 Å². The van der Waals surface area contributed by atoms with Crippen LogP contribution in [0.3, 0.4) is 0 Å². The summed E-state index contributed by atoms with van der Waals surface area (Å²) < 4.78 is 6.35. The van der Waals surface area contributed by atoms with E-state index in [1.807, 2.05) is 36.2 Å². The third-order valence-electron chi connectivity index (χ3n) is 6.85. The monoisotopic (exact) mass is 536 g/mol. The van der Waals surface area contributed by atoms with Crippen LogP contribution in [0.1, 0.15) is 50.3 Å². The van der Waals surface area contributed by atoms with Crippen molar-refractivity contribution in [1.82, 2.24) is 25.1 Å². The molecule has 2 aromatic carbocycles. The molecular formula is C29H40N6O4. The highest BCUT2D eigenvalue weighted by atomic mass is 16.4. The number of carbonyl (C=O) groups is 2. The first kappa shape index (κ1) is 29.6. The average molecular weight is 537 g/mol. The summed E-state index contributed by atoms with van der Waals surface area (Å²) in [5.41, 5.74) is 4.65. The number of hydrazine groups is 1. The number of amides is 2. The number of benzene rings is 2. The van der Waals surface area contributed by atoms with Gasteiger partial charge in [-0.05, 0) is 48.2 Å². The fourth-order valence-corrected chi connectivity index (χ4v) is 4.62. The Morgan fingerprint density at radius 1 is 1.08 bits per heavy atom. The first-order valence-electron chi connectivity index (χ1n) is 13.0. The molecule has 0 spiro atoms. The van der Waals surface area contributed by atoms with E-state index >= 15 is 0 Å². The quantitative estimate of drug-likeness (QED) is 0.374. The number of carbonyl (C=O) groups excluding carboxylic acids is 2. The van der Waals surface area contributed by atoms with Gasteiger partial charge in [-0.15, -0.1) is 5.10 Å². The van der Waals surface area contributed by atoms with Gasteiger partial charge in [0.1, 0.15) is 0 Å². The molecule has 0 aliphatic carbocycles. The normalized spacial score (nSPS) is 12.5. The Labute approximate surface area is 230 Å². The zero-order chi connectivity index (χ0) is 27.2. The highest BCUT2D eigenvalue weighted by Gasteiger charge is 2.27. The Morgan fingerprint density at radius 3 is 2.36 bits per heavy atom. The van der Waals surface area contributed by atoms with E-state index in [4.69, 9.17) is 4.42 Å². The Kier molecular flexibility index (Phi) is 10.1. The van der Waals surface area contributed by atoms with Crippen LogP contribution in [0, 0.1) is 6.92 Å². The number of aryl methyl sites for hydroxylation is 2. The highest BCUT2D eigenvalue weighted by Crippen LogP contribution is 2.27. The zero-order valence-electron chi connectivity index (χ0n) is 22.6. The lowest BCUT2D eigenvalue weighted by Gasteiger charge is -2.32. The molecule has 1 aliphatic heterocycles. The van der Waals surface area contributed by atoms with Crippen molar-refractivity contribution in [2.24, 2.45) is 7.05 Å². The molecule has 1 aromatic heterocycles. The van der Waals surface area contributed by atoms with Gasteiger partial charge < -0.3 is 14.6 Å². The summed E-state index contributed by atoms with van der Waals surface area (Å²) >= 11 is 0. The molecule has 1 aliphatic rings. The number of aromatic nitrogens is 2. The molecule has 0 saturated heterocycles. The van der Waals surface area contributed by atoms with Crippen LogP contribution in [0.2, 0.25) is 0 Å². The Bertz CT molecular complexity index is 1320. The lowest BCUT2D eigenvalue weighted by molar-refractivity contribution is -0.145. The van der Waals surface area contributed by atoms with Crippen LogP contribution >= 0.6 is 0 Å². The summed E-state index contributed by atoms with van der Waals surface area (Å²) in [6.07, 6.45) is 3.04. The molecule has 2 heterocycles. The summed E-state index contributed by atoms with van der Waals surface area (Å²) in [5.74, 6) is -0.572. The van der Waals surface area contributed by atoms with Crippen molar-refractivity contribution in [2.75, 3.05) is 31.6 Å². The van der Waals surface area contributed by atoms with E-state index in [1.165, 1.54) is 18.2 Å². The number of hydrogen-bond donors (Lipinski definition) is 1. The first-order valence-corrected chi connectivity index (χ1v) is 13.0. The Hall–Kier alpha value is -3.92. The van der Waals surface area contributed by atoms with Crippen molar-refractivity contribution < 1.29 is 14.0 Å². The Balaban J connectivity index is 0.00000420. The number of rotatable bonds is 11. The summed E-state index contributed by atoms with van der Waals surface area (Å²) in [6, 6.07) is 13.6. The van der Waals surface area contributed by atoms with E-state index in [1.54, 1.807) is 23.0 Å². The molecule has 10 nitrogen and oxygen atoms in total. The second-order valence-corrected chi connectivity index (χ2v) is 9.72. The standard InChI is InChI=1S/C28H36N6O4.CH4/c1-5-6-9-14-29-25(35)18-33(19-26(36)32(4)34-16-22-10-7-8-11-23(22)17-34)24-13-12-21(15-20(24)2)27-30-31(3)28(37)38-27;/h7-8,10-13,15H,5-6,9,14,16-19H2,1-4H3,(H,29,35);1H4. The Morgan fingerprint density at radius 2 is 1.77 bits per heavy atom. The molecule has 10 heteroatoms. The number of likely N-dealkylation sites (N-methyl/N-ethyl adjacent to an activating group) is 1. The van der Waals surface area contributed by atoms with Gasteiger partial charge in [-0.2, -0.15) is 4.68 Å². The number of nitrogens with one attached hydrogen (secondary N) is 1. The molecule has 0 atom stereocenters. The van der Waals surface area contributed by atoms with Gasteiger partial charge in [0.25, 0.3) is 5.91 Å². The third-order valence-corrected chi connectivity index (χ3v) is 6.85. The van der Waals surface area contributed by atoms with E-state index in [9.17, 15) is 14.4 Å². The van der Waals surface area contributed by atoms with Crippen LogP contribution in [-0.2, 0) is 29.7 Å². The smallest absolute Gasteiger partial charge is 0.388 e. The maximum absolute atomic E-state index is 13.4. The van der Waals surface area contributed by atoms with Gasteiger partial charge in [-0.1, -0.05) is 51.5 Å². The fraction of sp³-hybridized carbons (Fsp3) is 0.448. The minimum Gasteiger partial charge on any atom is -0.388 e. The van der Waals surface area contributed by atoms with Gasteiger partial charge in [0.2, 0.25) is 11.8 Å². The van der Waals surface area contributed by atoms with Crippen LogP contribution in [0.25, 0.3) is 11.5 Å². The van der Waals surface area contributed by atoms with E-state index in [-0.39, 0.29) is 38.2 Å². The molecule has 0 radical (unpaired) electrons. The number of unbranched alkanes of at least 4 members (excludes halogenated alkanes) is 2. The largest absolute Gasteiger partial charge is 0.437 e. The summed E-state index contributed by atoms with van der Waals surface area (Å²) in [5, 5.41) is 10.8. The molecular weight excluding hydrogens is 496 g/mol. The van der Waals surface area contributed by atoms with Crippen LogP contribution in [0.4, 0.5) is 5.69 Å². The van der Waals surface area contributed by atoms with Crippen LogP contribution in [-0.4, -0.2) is 58.3 Å². The van der Waals surface area contributed by atoms with Gasteiger partial charge in [-0.3, -0.25) is 14.6 Å². The molecule has 2 amide bonds. The van der Waals surface area contributed by atoms with Crippen LogP contribution in [0.5, 0.6) is 0 Å². The number of anilines is 1.